The van der Waals surface area contributed by atoms with Gasteiger partial charge in [0, 0.05) is 30.6 Å². The summed E-state index contributed by atoms with van der Waals surface area (Å²) in [7, 11) is 0. The van der Waals surface area contributed by atoms with Gasteiger partial charge in [0.05, 0.1) is 18.5 Å². The molecule has 1 saturated heterocycles. The van der Waals surface area contributed by atoms with Gasteiger partial charge in [-0.05, 0) is 67.7 Å². The highest BCUT2D eigenvalue weighted by Gasteiger charge is 2.39. The van der Waals surface area contributed by atoms with Crippen LogP contribution in [0.1, 0.15) is 76.1 Å². The van der Waals surface area contributed by atoms with Gasteiger partial charge in [0.25, 0.3) is 11.8 Å². The number of nitrogens with one attached hydrogen (secondary N) is 1. The van der Waals surface area contributed by atoms with Crippen molar-refractivity contribution in [2.24, 2.45) is 0 Å². The first-order valence-corrected chi connectivity index (χ1v) is 12.0. The maximum atomic E-state index is 12.9. The number of nitrogens with zero attached hydrogens (tertiary/aromatic N) is 2. The minimum atomic E-state index is -0.557. The molecule has 0 aromatic heterocycles. The Morgan fingerprint density at radius 1 is 1.09 bits per heavy atom. The monoisotopic (exact) mass is 459 g/mol. The van der Waals surface area contributed by atoms with Crippen molar-refractivity contribution in [3.05, 3.63) is 70.3 Å². The summed E-state index contributed by atoms with van der Waals surface area (Å²) >= 11 is 0. The zero-order chi connectivity index (χ0) is 23.8. The largest absolute Gasteiger partial charge is 0.346 e. The van der Waals surface area contributed by atoms with E-state index in [1.165, 1.54) is 12.0 Å². The van der Waals surface area contributed by atoms with Crippen molar-refractivity contribution in [1.82, 2.24) is 15.1 Å². The fourth-order valence-electron chi connectivity index (χ4n) is 5.00. The minimum Gasteiger partial charge on any atom is -0.346 e. The van der Waals surface area contributed by atoms with Crippen LogP contribution in [0.3, 0.4) is 0 Å². The van der Waals surface area contributed by atoms with E-state index in [0.29, 0.717) is 24.0 Å². The number of ketones is 2. The molecule has 0 spiro atoms. The van der Waals surface area contributed by atoms with Crippen LogP contribution in [0, 0.1) is 0 Å². The second-order valence-electron chi connectivity index (χ2n) is 9.61. The number of likely N-dealkylation sites (tertiary alicyclic amines) is 1. The van der Waals surface area contributed by atoms with E-state index in [4.69, 9.17) is 0 Å². The third-order valence-electron chi connectivity index (χ3n) is 7.20. The molecule has 176 valence electrons. The summed E-state index contributed by atoms with van der Waals surface area (Å²) in [5, 5.41) is 3.04. The van der Waals surface area contributed by atoms with E-state index in [-0.39, 0.29) is 42.4 Å². The van der Waals surface area contributed by atoms with Gasteiger partial charge >= 0.3 is 0 Å². The quantitative estimate of drug-likeness (QED) is 0.671. The van der Waals surface area contributed by atoms with Gasteiger partial charge in [0.1, 0.15) is 5.78 Å². The summed E-state index contributed by atoms with van der Waals surface area (Å²) in [6.45, 7) is 5.53. The molecule has 7 heteroatoms. The number of hydrogen-bond donors (Lipinski definition) is 1. The highest BCUT2D eigenvalue weighted by atomic mass is 16.2. The molecule has 2 heterocycles. The molecular formula is C27H29N3O4. The molecule has 0 bridgehead atoms. The molecule has 2 aliphatic heterocycles. The first kappa shape index (κ1) is 22.5. The van der Waals surface area contributed by atoms with E-state index in [2.05, 4.69) is 34.5 Å². The third-order valence-corrected chi connectivity index (χ3v) is 7.20. The lowest BCUT2D eigenvalue weighted by atomic mass is 9.92. The molecule has 2 aromatic rings. The normalized spacial score (nSPS) is 21.3. The molecule has 2 fully saturated rings. The third kappa shape index (κ3) is 4.40. The minimum absolute atomic E-state index is 0.0655. The first-order chi connectivity index (χ1) is 16.4. The van der Waals surface area contributed by atoms with Crippen molar-refractivity contribution in [2.45, 2.75) is 57.8 Å². The van der Waals surface area contributed by atoms with Gasteiger partial charge in [0.15, 0.2) is 5.78 Å². The van der Waals surface area contributed by atoms with Crippen LogP contribution in [0.5, 0.6) is 0 Å². The SMILES string of the molecule is C[C@H](NC(=O)c1ccc2c(c1)CN(C1CCC(=O)CC1=O)C2=O)c1ccc(CN2CCC2)cc1. The maximum Gasteiger partial charge on any atom is 0.255 e. The molecule has 2 aromatic carbocycles. The van der Waals surface area contributed by atoms with Gasteiger partial charge in [-0.1, -0.05) is 24.3 Å². The van der Waals surface area contributed by atoms with E-state index in [0.717, 1.165) is 30.8 Å². The summed E-state index contributed by atoms with van der Waals surface area (Å²) in [5.41, 5.74) is 4.06. The number of amides is 2. The Kier molecular flexibility index (Phi) is 6.04. The average molecular weight is 460 g/mol. The molecule has 7 nitrogen and oxygen atoms in total. The van der Waals surface area contributed by atoms with Crippen LogP contribution < -0.4 is 5.32 Å². The molecule has 1 N–H and O–H groups in total. The molecule has 34 heavy (non-hydrogen) atoms. The summed E-state index contributed by atoms with van der Waals surface area (Å²) in [5.74, 6) is -0.670. The Morgan fingerprint density at radius 3 is 2.53 bits per heavy atom. The zero-order valence-electron chi connectivity index (χ0n) is 19.4. The van der Waals surface area contributed by atoms with E-state index in [1.807, 2.05) is 6.92 Å². The van der Waals surface area contributed by atoms with Crippen molar-refractivity contribution in [1.29, 1.82) is 0 Å². The maximum absolute atomic E-state index is 12.9. The fraction of sp³-hybridized carbons (Fsp3) is 0.407. The lowest BCUT2D eigenvalue weighted by molar-refractivity contribution is -0.133. The van der Waals surface area contributed by atoms with Crippen LogP contribution in [0.4, 0.5) is 0 Å². The topological polar surface area (TPSA) is 86.8 Å². The number of carbonyl (C=O) groups excluding carboxylic acids is 4. The van der Waals surface area contributed by atoms with Crippen LogP contribution in [-0.2, 0) is 22.7 Å². The van der Waals surface area contributed by atoms with Gasteiger partial charge < -0.3 is 10.2 Å². The molecule has 2 atom stereocenters. The molecule has 3 aliphatic rings. The van der Waals surface area contributed by atoms with Crippen LogP contribution in [0.2, 0.25) is 0 Å². The molecule has 1 saturated carbocycles. The standard InChI is InChI=1S/C27H29N3O4/c1-17(19-5-3-18(4-6-19)15-29-11-2-12-29)28-26(33)20-7-9-23-21(13-20)16-30(27(23)34)24-10-8-22(31)14-25(24)32/h3-7,9,13,17,24H,2,8,10-12,14-16H2,1H3,(H,28,33)/t17-,24?/m0/s1. The van der Waals surface area contributed by atoms with E-state index < -0.39 is 6.04 Å². The Hall–Kier alpha value is -3.32. The summed E-state index contributed by atoms with van der Waals surface area (Å²) in [6, 6.07) is 12.7. The molecule has 1 unspecified atom stereocenters. The zero-order valence-corrected chi connectivity index (χ0v) is 19.4. The Morgan fingerprint density at radius 2 is 1.85 bits per heavy atom. The van der Waals surface area contributed by atoms with Gasteiger partial charge in [0.2, 0.25) is 0 Å². The van der Waals surface area contributed by atoms with Crippen LogP contribution in [-0.4, -0.2) is 52.3 Å². The Bertz CT molecular complexity index is 1150. The van der Waals surface area contributed by atoms with E-state index in [9.17, 15) is 19.2 Å². The molecule has 0 radical (unpaired) electrons. The second-order valence-corrected chi connectivity index (χ2v) is 9.61. The Balaban J connectivity index is 1.23. The van der Waals surface area contributed by atoms with Crippen molar-refractivity contribution >= 4 is 23.4 Å². The first-order valence-electron chi connectivity index (χ1n) is 12.0. The van der Waals surface area contributed by atoms with E-state index in [1.54, 1.807) is 23.1 Å². The summed E-state index contributed by atoms with van der Waals surface area (Å²) in [6.07, 6.45) is 1.87. The highest BCUT2D eigenvalue weighted by Crippen LogP contribution is 2.30. The number of rotatable bonds is 6. The number of Topliss-reactive ketones (excluding diaryl/α,β-unsaturated/α-hetero) is 2. The fourth-order valence-corrected chi connectivity index (χ4v) is 5.00. The van der Waals surface area contributed by atoms with Crippen molar-refractivity contribution < 1.29 is 19.2 Å². The molecular weight excluding hydrogens is 430 g/mol. The van der Waals surface area contributed by atoms with Crippen molar-refractivity contribution in [3.63, 3.8) is 0 Å². The molecule has 5 rings (SSSR count). The summed E-state index contributed by atoms with van der Waals surface area (Å²) in [4.78, 5) is 53.6. The van der Waals surface area contributed by atoms with Gasteiger partial charge in [-0.3, -0.25) is 24.1 Å². The number of benzene rings is 2. The second kappa shape index (κ2) is 9.14. The number of fused-ring (bicyclic) bond motifs is 1. The van der Waals surface area contributed by atoms with Crippen molar-refractivity contribution in [2.75, 3.05) is 13.1 Å². The lowest BCUT2D eigenvalue weighted by Gasteiger charge is -2.30. The van der Waals surface area contributed by atoms with Gasteiger partial charge in [-0.25, -0.2) is 0 Å². The van der Waals surface area contributed by atoms with Crippen LogP contribution in [0.25, 0.3) is 0 Å². The van der Waals surface area contributed by atoms with Gasteiger partial charge in [-0.15, -0.1) is 0 Å². The predicted octanol–water partition coefficient (Wildman–Crippen LogP) is 3.03. The van der Waals surface area contributed by atoms with Crippen molar-refractivity contribution in [3.8, 4) is 0 Å². The Labute approximate surface area is 199 Å². The number of carbonyl (C=O) groups is 4. The average Bonchev–Trinajstić information content (AvgIpc) is 3.12. The van der Waals surface area contributed by atoms with E-state index >= 15 is 0 Å². The predicted molar refractivity (Wildman–Crippen MR) is 126 cm³/mol. The molecule has 1 aliphatic carbocycles. The lowest BCUT2D eigenvalue weighted by Crippen LogP contribution is -2.44. The van der Waals surface area contributed by atoms with Crippen LogP contribution >= 0.6 is 0 Å². The van der Waals surface area contributed by atoms with Gasteiger partial charge in [-0.2, -0.15) is 0 Å². The smallest absolute Gasteiger partial charge is 0.255 e. The summed E-state index contributed by atoms with van der Waals surface area (Å²) < 4.78 is 0. The molecule has 2 amide bonds. The highest BCUT2D eigenvalue weighted by molar-refractivity contribution is 6.08. The number of hydrogen-bond acceptors (Lipinski definition) is 5. The van der Waals surface area contributed by atoms with Crippen LogP contribution in [0.15, 0.2) is 42.5 Å².